The van der Waals surface area contributed by atoms with Gasteiger partial charge in [-0.25, -0.2) is 0 Å². The van der Waals surface area contributed by atoms with Gasteiger partial charge in [0.05, 0.1) is 0 Å². The fourth-order valence-electron chi connectivity index (χ4n) is 2.34. The van der Waals surface area contributed by atoms with Crippen molar-refractivity contribution in [3.05, 3.63) is 35.9 Å². The van der Waals surface area contributed by atoms with Gasteiger partial charge in [0.15, 0.2) is 0 Å². The average Bonchev–Trinajstić information content (AvgIpc) is 2.46. The van der Waals surface area contributed by atoms with Gasteiger partial charge in [-0.3, -0.25) is 13.9 Å². The van der Waals surface area contributed by atoms with Crippen LogP contribution < -0.4 is 5.32 Å². The maximum atomic E-state index is 12.0. The summed E-state index contributed by atoms with van der Waals surface area (Å²) in [5.74, 6) is 1.42. The largest absolute Gasteiger partial charge is 0.350 e. The van der Waals surface area contributed by atoms with Crippen molar-refractivity contribution in [3.63, 3.8) is 0 Å². The molecule has 110 valence electrons. The average molecular weight is 294 g/mol. The molecule has 0 radical (unpaired) electrons. The number of hydrogen-bond donors (Lipinski definition) is 1. The van der Waals surface area contributed by atoms with Crippen LogP contribution in [0, 0.1) is 0 Å². The molecule has 0 atom stereocenters. The third-order valence-electron chi connectivity index (χ3n) is 3.75. The Bertz CT molecular complexity index is 478. The highest BCUT2D eigenvalue weighted by Gasteiger charge is 2.29. The predicted octanol–water partition coefficient (Wildman–Crippen LogP) is 1.26. The molecule has 1 aromatic rings. The first kappa shape index (κ1) is 15.2. The van der Waals surface area contributed by atoms with Gasteiger partial charge in [0, 0.05) is 53.0 Å². The molecule has 1 fully saturated rings. The lowest BCUT2D eigenvalue weighted by Crippen LogP contribution is -2.55. The van der Waals surface area contributed by atoms with Crippen LogP contribution in [-0.4, -0.2) is 51.7 Å². The van der Waals surface area contributed by atoms with Gasteiger partial charge in [0.1, 0.15) is 0 Å². The van der Waals surface area contributed by atoms with E-state index in [9.17, 15) is 9.00 Å². The second-order valence-corrected chi connectivity index (χ2v) is 7.39. The summed E-state index contributed by atoms with van der Waals surface area (Å²) in [6, 6.07) is 9.24. The zero-order chi connectivity index (χ0) is 14.6. The Morgan fingerprint density at radius 2 is 1.85 bits per heavy atom. The molecule has 4 nitrogen and oxygen atoms in total. The Morgan fingerprint density at radius 3 is 2.45 bits per heavy atom. The van der Waals surface area contributed by atoms with E-state index in [-0.39, 0.29) is 11.4 Å². The Morgan fingerprint density at radius 1 is 1.25 bits per heavy atom. The minimum atomic E-state index is -0.667. The maximum absolute atomic E-state index is 12.0. The van der Waals surface area contributed by atoms with Crippen molar-refractivity contribution in [1.29, 1.82) is 0 Å². The first-order chi connectivity index (χ1) is 9.49. The molecule has 1 amide bonds. The van der Waals surface area contributed by atoms with Gasteiger partial charge in [0.25, 0.3) is 5.91 Å². The molecular formula is C15H22N2O2S. The number of benzene rings is 1. The summed E-state index contributed by atoms with van der Waals surface area (Å²) in [5, 5.41) is 2.99. The van der Waals surface area contributed by atoms with Crippen molar-refractivity contribution in [2.24, 2.45) is 0 Å². The SMILES string of the molecule is CC(C)(CNC(=O)c1ccccc1)N1CCS(=O)CC1. The number of hydrogen-bond acceptors (Lipinski definition) is 3. The Hall–Kier alpha value is -1.20. The number of amides is 1. The van der Waals surface area contributed by atoms with Crippen molar-refractivity contribution < 1.29 is 9.00 Å². The Labute approximate surface area is 123 Å². The molecule has 1 aliphatic rings. The molecule has 0 aromatic heterocycles. The topological polar surface area (TPSA) is 49.4 Å². The molecule has 0 aliphatic carbocycles. The zero-order valence-electron chi connectivity index (χ0n) is 12.1. The van der Waals surface area contributed by atoms with Crippen LogP contribution >= 0.6 is 0 Å². The number of rotatable bonds is 4. The van der Waals surface area contributed by atoms with Crippen LogP contribution in [0.3, 0.4) is 0 Å². The van der Waals surface area contributed by atoms with Gasteiger partial charge >= 0.3 is 0 Å². The van der Waals surface area contributed by atoms with E-state index in [4.69, 9.17) is 0 Å². The maximum Gasteiger partial charge on any atom is 0.251 e. The molecule has 1 aliphatic heterocycles. The highest BCUT2D eigenvalue weighted by Crippen LogP contribution is 2.16. The lowest BCUT2D eigenvalue weighted by molar-refractivity contribution is 0.0883. The fourth-order valence-corrected chi connectivity index (χ4v) is 3.40. The standard InChI is InChI=1S/C15H22N2O2S/c1-15(2,17-8-10-20(19)11-9-17)12-16-14(18)13-6-4-3-5-7-13/h3-7H,8-12H2,1-2H3,(H,16,18). The molecular weight excluding hydrogens is 272 g/mol. The number of nitrogens with zero attached hydrogens (tertiary/aromatic N) is 1. The van der Waals surface area contributed by atoms with Crippen LogP contribution in [0.25, 0.3) is 0 Å². The highest BCUT2D eigenvalue weighted by atomic mass is 32.2. The third kappa shape index (κ3) is 3.90. The molecule has 20 heavy (non-hydrogen) atoms. The highest BCUT2D eigenvalue weighted by molar-refractivity contribution is 7.85. The normalized spacial score (nSPS) is 17.9. The van der Waals surface area contributed by atoms with Crippen LogP contribution in [-0.2, 0) is 10.8 Å². The summed E-state index contributed by atoms with van der Waals surface area (Å²) in [6.45, 7) is 6.49. The molecule has 1 heterocycles. The summed E-state index contributed by atoms with van der Waals surface area (Å²) >= 11 is 0. The molecule has 0 spiro atoms. The van der Waals surface area contributed by atoms with Gasteiger partial charge in [-0.15, -0.1) is 0 Å². The second kappa shape index (κ2) is 6.50. The third-order valence-corrected chi connectivity index (χ3v) is 5.03. The molecule has 0 saturated carbocycles. The number of nitrogens with one attached hydrogen (secondary N) is 1. The Kier molecular flexibility index (Phi) is 4.94. The van der Waals surface area contributed by atoms with E-state index in [1.54, 1.807) is 0 Å². The van der Waals surface area contributed by atoms with Crippen molar-refractivity contribution in [2.75, 3.05) is 31.1 Å². The van der Waals surface area contributed by atoms with Crippen molar-refractivity contribution in [2.45, 2.75) is 19.4 Å². The lowest BCUT2D eigenvalue weighted by atomic mass is 10.0. The summed E-state index contributed by atoms with van der Waals surface area (Å²) < 4.78 is 11.4. The molecule has 2 rings (SSSR count). The van der Waals surface area contributed by atoms with Crippen molar-refractivity contribution in [1.82, 2.24) is 10.2 Å². The first-order valence-corrected chi connectivity index (χ1v) is 8.41. The summed E-state index contributed by atoms with van der Waals surface area (Å²) in [7, 11) is -0.667. The molecule has 1 saturated heterocycles. The molecule has 1 N–H and O–H groups in total. The van der Waals surface area contributed by atoms with Gasteiger partial charge in [-0.2, -0.15) is 0 Å². The smallest absolute Gasteiger partial charge is 0.251 e. The van der Waals surface area contributed by atoms with Gasteiger partial charge in [-0.1, -0.05) is 18.2 Å². The summed E-state index contributed by atoms with van der Waals surface area (Å²) in [6.07, 6.45) is 0. The summed E-state index contributed by atoms with van der Waals surface area (Å²) in [5.41, 5.74) is 0.567. The first-order valence-electron chi connectivity index (χ1n) is 6.92. The van der Waals surface area contributed by atoms with Gasteiger partial charge < -0.3 is 5.32 Å². The predicted molar refractivity (Wildman–Crippen MR) is 82.3 cm³/mol. The minimum absolute atomic E-state index is 0.0424. The van der Waals surface area contributed by atoms with E-state index >= 15 is 0 Å². The van der Waals surface area contributed by atoms with E-state index in [2.05, 4.69) is 24.1 Å². The van der Waals surface area contributed by atoms with Crippen LogP contribution in [0.15, 0.2) is 30.3 Å². The van der Waals surface area contributed by atoms with Gasteiger partial charge in [0.2, 0.25) is 0 Å². The van der Waals surface area contributed by atoms with Crippen LogP contribution in [0.1, 0.15) is 24.2 Å². The van der Waals surface area contributed by atoms with E-state index in [1.165, 1.54) is 0 Å². The zero-order valence-corrected chi connectivity index (χ0v) is 12.9. The van der Waals surface area contributed by atoms with Crippen molar-refractivity contribution in [3.8, 4) is 0 Å². The van der Waals surface area contributed by atoms with E-state index < -0.39 is 10.8 Å². The van der Waals surface area contributed by atoms with E-state index in [0.717, 1.165) is 24.6 Å². The van der Waals surface area contributed by atoms with Crippen LogP contribution in [0.4, 0.5) is 0 Å². The molecule has 1 aromatic carbocycles. The second-order valence-electron chi connectivity index (χ2n) is 5.70. The molecule has 0 unspecified atom stereocenters. The van der Waals surface area contributed by atoms with E-state index in [1.807, 2.05) is 30.3 Å². The molecule has 0 bridgehead atoms. The fraction of sp³-hybridized carbons (Fsp3) is 0.533. The van der Waals surface area contributed by atoms with Crippen molar-refractivity contribution >= 4 is 16.7 Å². The molecule has 5 heteroatoms. The quantitative estimate of drug-likeness (QED) is 0.909. The lowest BCUT2D eigenvalue weighted by Gasteiger charge is -2.40. The number of carbonyl (C=O) groups excluding carboxylic acids is 1. The summed E-state index contributed by atoms with van der Waals surface area (Å²) in [4.78, 5) is 14.4. The monoisotopic (exact) mass is 294 g/mol. The number of carbonyl (C=O) groups is 1. The van der Waals surface area contributed by atoms with E-state index in [0.29, 0.717) is 12.1 Å². The minimum Gasteiger partial charge on any atom is -0.350 e. The Balaban J connectivity index is 1.89. The van der Waals surface area contributed by atoms with Crippen LogP contribution in [0.5, 0.6) is 0 Å². The van der Waals surface area contributed by atoms with Gasteiger partial charge in [-0.05, 0) is 26.0 Å². The van der Waals surface area contributed by atoms with Crippen LogP contribution in [0.2, 0.25) is 0 Å².